The van der Waals surface area contributed by atoms with Crippen LogP contribution in [0.5, 0.6) is 5.75 Å². The Bertz CT molecular complexity index is 487. The van der Waals surface area contributed by atoms with Crippen molar-refractivity contribution in [2.24, 2.45) is 5.14 Å². The quantitative estimate of drug-likeness (QED) is 0.829. The molecule has 1 rings (SSSR count). The van der Waals surface area contributed by atoms with Crippen LogP contribution < -0.4 is 15.2 Å². The summed E-state index contributed by atoms with van der Waals surface area (Å²) in [6, 6.07) is 2.28. The Morgan fingerprint density at radius 3 is 2.50 bits per heavy atom. The number of halogens is 3. The first-order chi connectivity index (χ1) is 8.16. The minimum Gasteiger partial charge on any atom is -0.404 e. The number of nitrogens with zero attached hydrogens (tertiary/aromatic N) is 1. The van der Waals surface area contributed by atoms with Crippen LogP contribution in [-0.2, 0) is 10.0 Å². The van der Waals surface area contributed by atoms with E-state index in [9.17, 15) is 21.6 Å². The molecule has 10 heteroatoms. The molecule has 0 unspecified atom stereocenters. The minimum atomic E-state index is -4.77. The molecule has 102 valence electrons. The van der Waals surface area contributed by atoms with E-state index in [0.29, 0.717) is 0 Å². The third-order valence-corrected chi connectivity index (χ3v) is 2.44. The number of alkyl halides is 3. The van der Waals surface area contributed by atoms with Gasteiger partial charge in [-0.2, -0.15) is 0 Å². The maximum atomic E-state index is 11.8. The van der Waals surface area contributed by atoms with E-state index < -0.39 is 22.1 Å². The lowest BCUT2D eigenvalue weighted by Crippen LogP contribution is -2.22. The third kappa shape index (κ3) is 6.25. The van der Waals surface area contributed by atoms with Gasteiger partial charge in [-0.25, -0.2) is 18.5 Å². The zero-order valence-corrected chi connectivity index (χ0v) is 9.75. The van der Waals surface area contributed by atoms with Gasteiger partial charge in [-0.15, -0.1) is 13.2 Å². The van der Waals surface area contributed by atoms with E-state index in [1.54, 1.807) is 0 Å². The van der Waals surface area contributed by atoms with E-state index >= 15 is 0 Å². The number of nitrogens with one attached hydrogen (secondary N) is 1. The first-order valence-electron chi connectivity index (χ1n) is 4.62. The van der Waals surface area contributed by atoms with E-state index in [1.807, 2.05) is 0 Å². The Hall–Kier alpha value is -1.55. The molecule has 0 aliphatic rings. The number of nitrogens with two attached hydrogens (primary N) is 1. The number of aromatic nitrogens is 1. The van der Waals surface area contributed by atoms with E-state index in [0.717, 1.165) is 12.3 Å². The topological polar surface area (TPSA) is 94.3 Å². The maximum absolute atomic E-state index is 11.8. The average molecular weight is 285 g/mol. The van der Waals surface area contributed by atoms with E-state index in [4.69, 9.17) is 5.14 Å². The van der Waals surface area contributed by atoms with Gasteiger partial charge in [-0.1, -0.05) is 0 Å². The second kappa shape index (κ2) is 5.40. The summed E-state index contributed by atoms with van der Waals surface area (Å²) in [5.74, 6) is -0.553. The fraction of sp³-hybridized carbons (Fsp3) is 0.375. The fourth-order valence-corrected chi connectivity index (χ4v) is 1.39. The number of hydrogen-bond donors (Lipinski definition) is 2. The van der Waals surface area contributed by atoms with Gasteiger partial charge in [-0.05, 0) is 12.1 Å². The lowest BCUT2D eigenvalue weighted by Gasteiger charge is -2.09. The molecule has 1 heterocycles. The summed E-state index contributed by atoms with van der Waals surface area (Å²) < 4.78 is 60.3. The van der Waals surface area contributed by atoms with Gasteiger partial charge in [0.15, 0.2) is 0 Å². The fourth-order valence-electron chi connectivity index (χ4n) is 1.00. The molecule has 0 aromatic carbocycles. The highest BCUT2D eigenvalue weighted by Gasteiger charge is 2.31. The van der Waals surface area contributed by atoms with Crippen molar-refractivity contribution in [2.45, 2.75) is 6.36 Å². The summed E-state index contributed by atoms with van der Waals surface area (Å²) in [5, 5.41) is 7.34. The van der Waals surface area contributed by atoms with E-state index in [1.165, 1.54) is 6.07 Å². The van der Waals surface area contributed by atoms with Crippen molar-refractivity contribution in [3.63, 3.8) is 0 Å². The van der Waals surface area contributed by atoms with Crippen molar-refractivity contribution >= 4 is 15.8 Å². The SMILES string of the molecule is NS(=O)(=O)CCNc1ccc(OC(F)(F)F)cn1. The van der Waals surface area contributed by atoms with Crippen LogP contribution in [0.15, 0.2) is 18.3 Å². The van der Waals surface area contributed by atoms with Crippen molar-refractivity contribution in [1.29, 1.82) is 0 Å². The Morgan fingerprint density at radius 2 is 2.06 bits per heavy atom. The molecule has 0 atom stereocenters. The number of ether oxygens (including phenoxy) is 1. The first-order valence-corrected chi connectivity index (χ1v) is 6.33. The molecule has 0 fully saturated rings. The molecular weight excluding hydrogens is 275 g/mol. The van der Waals surface area contributed by atoms with Crippen LogP contribution in [0.2, 0.25) is 0 Å². The van der Waals surface area contributed by atoms with Gasteiger partial charge in [0.2, 0.25) is 10.0 Å². The number of primary sulfonamides is 1. The summed E-state index contributed by atoms with van der Waals surface area (Å²) in [7, 11) is -3.59. The summed E-state index contributed by atoms with van der Waals surface area (Å²) in [5.41, 5.74) is 0. The van der Waals surface area contributed by atoms with Crippen molar-refractivity contribution in [2.75, 3.05) is 17.6 Å². The van der Waals surface area contributed by atoms with Gasteiger partial charge in [-0.3, -0.25) is 0 Å². The van der Waals surface area contributed by atoms with Crippen molar-refractivity contribution in [3.05, 3.63) is 18.3 Å². The molecule has 0 saturated carbocycles. The maximum Gasteiger partial charge on any atom is 0.573 e. The summed E-state index contributed by atoms with van der Waals surface area (Å²) in [6.45, 7) is 0.00527. The number of pyridine rings is 1. The largest absolute Gasteiger partial charge is 0.573 e. The van der Waals surface area contributed by atoms with Crippen molar-refractivity contribution in [1.82, 2.24) is 4.98 Å². The van der Waals surface area contributed by atoms with E-state index in [-0.39, 0.29) is 18.1 Å². The standard InChI is InChI=1S/C8H10F3N3O3S/c9-8(10,11)17-6-1-2-7(14-5-6)13-3-4-18(12,15)16/h1-2,5H,3-4H2,(H,13,14)(H2,12,15,16). The molecule has 0 saturated heterocycles. The summed E-state index contributed by atoms with van der Waals surface area (Å²) in [4.78, 5) is 3.61. The van der Waals surface area contributed by atoms with Gasteiger partial charge in [0.1, 0.15) is 11.6 Å². The van der Waals surface area contributed by atoms with Crippen LogP contribution in [0, 0.1) is 0 Å². The highest BCUT2D eigenvalue weighted by atomic mass is 32.2. The number of rotatable bonds is 5. The molecule has 3 N–H and O–H groups in total. The van der Waals surface area contributed by atoms with Crippen LogP contribution in [0.3, 0.4) is 0 Å². The van der Waals surface area contributed by atoms with Gasteiger partial charge in [0.25, 0.3) is 0 Å². The molecule has 0 aliphatic heterocycles. The van der Waals surface area contributed by atoms with Crippen LogP contribution in [0.4, 0.5) is 19.0 Å². The van der Waals surface area contributed by atoms with E-state index in [2.05, 4.69) is 15.0 Å². The van der Waals surface area contributed by atoms with Crippen LogP contribution in [0.1, 0.15) is 0 Å². The normalized spacial score (nSPS) is 12.2. The highest BCUT2D eigenvalue weighted by Crippen LogP contribution is 2.22. The van der Waals surface area contributed by atoms with Gasteiger partial charge in [0.05, 0.1) is 11.9 Å². The molecule has 0 radical (unpaired) electrons. The third-order valence-electron chi connectivity index (χ3n) is 1.66. The van der Waals surface area contributed by atoms with Crippen LogP contribution >= 0.6 is 0 Å². The van der Waals surface area contributed by atoms with Crippen LogP contribution in [-0.4, -0.2) is 32.1 Å². The molecule has 0 aliphatic carbocycles. The van der Waals surface area contributed by atoms with Gasteiger partial charge in [0, 0.05) is 6.54 Å². The van der Waals surface area contributed by atoms with Crippen molar-refractivity contribution < 1.29 is 26.3 Å². The van der Waals surface area contributed by atoms with Gasteiger partial charge >= 0.3 is 6.36 Å². The Kier molecular flexibility index (Phi) is 4.35. The molecule has 0 bridgehead atoms. The molecule has 1 aromatic rings. The van der Waals surface area contributed by atoms with Gasteiger partial charge < -0.3 is 10.1 Å². The molecular formula is C8H10F3N3O3S. The Morgan fingerprint density at radius 1 is 1.39 bits per heavy atom. The highest BCUT2D eigenvalue weighted by molar-refractivity contribution is 7.89. The Labute approximate surface area is 101 Å². The Balaban J connectivity index is 2.51. The minimum absolute atomic E-state index is 0.00527. The molecule has 18 heavy (non-hydrogen) atoms. The molecule has 0 spiro atoms. The molecule has 0 amide bonds. The zero-order chi connectivity index (χ0) is 13.8. The molecule has 1 aromatic heterocycles. The first kappa shape index (κ1) is 14.5. The van der Waals surface area contributed by atoms with Crippen LogP contribution in [0.25, 0.3) is 0 Å². The summed E-state index contributed by atoms with van der Waals surface area (Å²) in [6.07, 6.45) is -3.91. The number of sulfonamides is 1. The smallest absolute Gasteiger partial charge is 0.404 e. The monoisotopic (exact) mass is 285 g/mol. The molecule has 6 nitrogen and oxygen atoms in total. The zero-order valence-electron chi connectivity index (χ0n) is 8.94. The second-order valence-electron chi connectivity index (χ2n) is 3.22. The summed E-state index contributed by atoms with van der Waals surface area (Å²) >= 11 is 0. The van der Waals surface area contributed by atoms with Crippen molar-refractivity contribution in [3.8, 4) is 5.75 Å². The number of hydrogen-bond acceptors (Lipinski definition) is 5. The lowest BCUT2D eigenvalue weighted by atomic mass is 10.4. The lowest BCUT2D eigenvalue weighted by molar-refractivity contribution is -0.274. The average Bonchev–Trinajstić information content (AvgIpc) is 2.16. The predicted octanol–water partition coefficient (Wildman–Crippen LogP) is 0.681. The second-order valence-corrected chi connectivity index (χ2v) is 4.95. The number of anilines is 1. The predicted molar refractivity (Wildman–Crippen MR) is 57.4 cm³/mol.